The Morgan fingerprint density at radius 3 is 2.86 bits per heavy atom. The molecule has 28 heavy (non-hydrogen) atoms. The summed E-state index contributed by atoms with van der Waals surface area (Å²) < 4.78 is 10.3. The van der Waals surface area contributed by atoms with Gasteiger partial charge in [0, 0.05) is 13.2 Å². The van der Waals surface area contributed by atoms with E-state index in [1.165, 1.54) is 36.1 Å². The van der Waals surface area contributed by atoms with Gasteiger partial charge in [-0.15, -0.1) is 0 Å². The molecule has 0 spiro atoms. The normalized spacial score (nSPS) is 12.5. The van der Waals surface area contributed by atoms with Crippen molar-refractivity contribution in [3.05, 3.63) is 46.2 Å². The quantitative estimate of drug-likeness (QED) is 0.383. The van der Waals surface area contributed by atoms with Gasteiger partial charge < -0.3 is 15.9 Å². The van der Waals surface area contributed by atoms with Crippen LogP contribution < -0.4 is 15.9 Å². The minimum Gasteiger partial charge on any atom is -0.444 e. The van der Waals surface area contributed by atoms with Crippen LogP contribution in [0.25, 0.3) is 10.4 Å². The van der Waals surface area contributed by atoms with Crippen LogP contribution in [0.2, 0.25) is 0 Å². The lowest BCUT2D eigenvalue weighted by Crippen LogP contribution is -2.18. The molecule has 3 aromatic rings. The second-order valence-electron chi connectivity index (χ2n) is 5.83. The predicted octanol–water partition coefficient (Wildman–Crippen LogP) is 2.98. The molecule has 1 aliphatic rings. The molecule has 3 heterocycles. The zero-order valence-electron chi connectivity index (χ0n) is 14.6. The predicted molar refractivity (Wildman–Crippen MR) is 104 cm³/mol. The van der Waals surface area contributed by atoms with E-state index in [9.17, 15) is 9.59 Å². The molecule has 3 N–H and O–H groups in total. The maximum atomic E-state index is 12.3. The molecule has 9 nitrogen and oxygen atoms in total. The largest absolute Gasteiger partial charge is 0.444 e. The van der Waals surface area contributed by atoms with Gasteiger partial charge in [-0.2, -0.15) is 0 Å². The van der Waals surface area contributed by atoms with Crippen LogP contribution in [0.1, 0.15) is 31.3 Å². The molecule has 11 heteroatoms. The monoisotopic (exact) mass is 414 g/mol. The number of carbonyl (C=O) groups excluding carboxylic acids is 2. The molecule has 3 aromatic heterocycles. The van der Waals surface area contributed by atoms with Gasteiger partial charge in [-0.25, -0.2) is 9.36 Å². The van der Waals surface area contributed by atoms with Crippen molar-refractivity contribution in [3.8, 4) is 21.3 Å². The zero-order chi connectivity index (χ0) is 19.7. The van der Waals surface area contributed by atoms with Gasteiger partial charge >= 0.3 is 5.91 Å². The number of carbonyl (C=O) groups is 2. The van der Waals surface area contributed by atoms with Crippen molar-refractivity contribution < 1.29 is 14.3 Å². The average molecular weight is 414 g/mol. The number of hydrogen-bond acceptors (Lipinski definition) is 8. The van der Waals surface area contributed by atoms with E-state index < -0.39 is 5.91 Å². The van der Waals surface area contributed by atoms with E-state index in [0.29, 0.717) is 22.1 Å². The summed E-state index contributed by atoms with van der Waals surface area (Å²) in [6.07, 6.45) is 4.77. The molecule has 4 rings (SSSR count). The first-order valence-corrected chi connectivity index (χ1v) is 9.82. The fourth-order valence-electron chi connectivity index (χ4n) is 2.97. The van der Waals surface area contributed by atoms with Gasteiger partial charge in [0.15, 0.2) is 5.06 Å². The number of nitrogens with zero attached hydrogens (tertiary/aromatic N) is 4. The van der Waals surface area contributed by atoms with Crippen LogP contribution in [0.4, 0.5) is 0 Å². The minimum atomic E-state index is -0.500. The third-order valence-corrected chi connectivity index (χ3v) is 6.20. The van der Waals surface area contributed by atoms with E-state index >= 15 is 0 Å². The molecule has 0 bridgehead atoms. The zero-order valence-corrected chi connectivity index (χ0v) is 16.3. The Morgan fingerprint density at radius 2 is 2.14 bits per heavy atom. The first-order valence-electron chi connectivity index (χ1n) is 8.23. The van der Waals surface area contributed by atoms with E-state index in [-0.39, 0.29) is 11.6 Å². The van der Waals surface area contributed by atoms with E-state index in [0.717, 1.165) is 28.0 Å². The number of rotatable bonds is 4. The number of nitrogens with one attached hydrogen (secondary N) is 1. The maximum absolute atomic E-state index is 12.3. The van der Waals surface area contributed by atoms with Crippen molar-refractivity contribution in [2.45, 2.75) is 12.8 Å². The third kappa shape index (κ3) is 3.14. The summed E-state index contributed by atoms with van der Waals surface area (Å²) in [5, 5.41) is 9.62. The van der Waals surface area contributed by atoms with Gasteiger partial charge in [0.2, 0.25) is 0 Å². The number of pyridine rings is 1. The SMILES string of the molecule is CNC(=O)c1ccc(Oc2sc(C(=O)N=NN)c3c2-c2sncc2CC3)cn1. The second kappa shape index (κ2) is 7.44. The van der Waals surface area contributed by atoms with Gasteiger partial charge in [-0.3, -0.25) is 9.59 Å². The standard InChI is InChI=1S/C17H14N6O3S2/c1-19-15(24)11-5-3-9(7-20-11)26-17-12-10(14(27-17)16(25)22-23-18)4-2-8-6-21-28-13(8)12/h3,5-7H,2,4H2,1H3,(H,19,24)(H2,18,22,25). The number of fused-ring (bicyclic) bond motifs is 3. The third-order valence-electron chi connectivity index (χ3n) is 4.24. The summed E-state index contributed by atoms with van der Waals surface area (Å²) in [7, 11) is 1.54. The van der Waals surface area contributed by atoms with E-state index in [2.05, 4.69) is 25.0 Å². The summed E-state index contributed by atoms with van der Waals surface area (Å²) in [6.45, 7) is 0. The molecule has 0 saturated heterocycles. The van der Waals surface area contributed by atoms with Crippen molar-refractivity contribution in [2.75, 3.05) is 7.05 Å². The van der Waals surface area contributed by atoms with Gasteiger partial charge in [0.25, 0.3) is 5.91 Å². The Hall–Kier alpha value is -3.18. The number of aromatic nitrogens is 2. The van der Waals surface area contributed by atoms with Gasteiger partial charge in [0.05, 0.1) is 16.6 Å². The van der Waals surface area contributed by atoms with Crippen LogP contribution in [0.5, 0.6) is 10.8 Å². The van der Waals surface area contributed by atoms with Crippen LogP contribution in [0.15, 0.2) is 34.9 Å². The highest BCUT2D eigenvalue weighted by Crippen LogP contribution is 2.50. The fraction of sp³-hybridized carbons (Fsp3) is 0.176. The Morgan fingerprint density at radius 1 is 1.29 bits per heavy atom. The van der Waals surface area contributed by atoms with Crippen LogP contribution >= 0.6 is 22.9 Å². The molecule has 1 aliphatic carbocycles. The highest BCUT2D eigenvalue weighted by Gasteiger charge is 2.30. The van der Waals surface area contributed by atoms with Crippen molar-refractivity contribution in [1.82, 2.24) is 14.7 Å². The molecule has 0 unspecified atom stereocenters. The van der Waals surface area contributed by atoms with Gasteiger partial charge in [-0.1, -0.05) is 21.7 Å². The van der Waals surface area contributed by atoms with Crippen LogP contribution in [-0.4, -0.2) is 28.2 Å². The first-order chi connectivity index (χ1) is 13.6. The molecule has 2 amide bonds. The number of hydrogen-bond donors (Lipinski definition) is 2. The summed E-state index contributed by atoms with van der Waals surface area (Å²) in [4.78, 5) is 29.5. The molecule has 0 aromatic carbocycles. The number of thiophene rings is 1. The van der Waals surface area contributed by atoms with E-state index in [1.54, 1.807) is 12.1 Å². The smallest absolute Gasteiger partial charge is 0.307 e. The number of nitrogens with two attached hydrogens (primary N) is 1. The molecule has 0 atom stereocenters. The van der Waals surface area contributed by atoms with E-state index in [1.807, 2.05) is 6.20 Å². The van der Waals surface area contributed by atoms with Crippen molar-refractivity contribution >= 4 is 34.7 Å². The summed E-state index contributed by atoms with van der Waals surface area (Å²) >= 11 is 2.55. The van der Waals surface area contributed by atoms with Gasteiger partial charge in [0.1, 0.15) is 16.3 Å². The average Bonchev–Trinajstić information content (AvgIpc) is 3.32. The lowest BCUT2D eigenvalue weighted by molar-refractivity contribution is 0.0956. The maximum Gasteiger partial charge on any atom is 0.307 e. The Balaban J connectivity index is 1.75. The van der Waals surface area contributed by atoms with E-state index in [4.69, 9.17) is 10.6 Å². The Labute approximate surface area is 167 Å². The number of aryl methyl sites for hydroxylation is 1. The van der Waals surface area contributed by atoms with Crippen LogP contribution in [0.3, 0.4) is 0 Å². The Kier molecular flexibility index (Phi) is 4.84. The summed E-state index contributed by atoms with van der Waals surface area (Å²) in [5.41, 5.74) is 3.11. The fourth-order valence-corrected chi connectivity index (χ4v) is 5.00. The lowest BCUT2D eigenvalue weighted by Gasteiger charge is -2.13. The minimum absolute atomic E-state index is 0.283. The van der Waals surface area contributed by atoms with Crippen molar-refractivity contribution in [1.29, 1.82) is 0 Å². The summed E-state index contributed by atoms with van der Waals surface area (Å²) in [6, 6.07) is 3.22. The molecule has 0 fully saturated rings. The highest BCUT2D eigenvalue weighted by molar-refractivity contribution is 7.17. The van der Waals surface area contributed by atoms with Crippen LogP contribution in [-0.2, 0) is 12.8 Å². The Bertz CT molecular complexity index is 1090. The molecule has 0 aliphatic heterocycles. The molecule has 0 saturated carbocycles. The van der Waals surface area contributed by atoms with Gasteiger partial charge in [-0.05, 0) is 47.6 Å². The molecular formula is C17H14N6O3S2. The highest BCUT2D eigenvalue weighted by atomic mass is 32.1. The van der Waals surface area contributed by atoms with Crippen LogP contribution in [0, 0.1) is 0 Å². The molecule has 142 valence electrons. The molecule has 0 radical (unpaired) electrons. The number of amides is 2. The molecular weight excluding hydrogens is 400 g/mol. The second-order valence-corrected chi connectivity index (χ2v) is 7.62. The van der Waals surface area contributed by atoms with Crippen molar-refractivity contribution in [2.24, 2.45) is 16.2 Å². The topological polar surface area (TPSA) is 132 Å². The first kappa shape index (κ1) is 18.2. The number of ether oxygens (including phenoxy) is 1. The lowest BCUT2D eigenvalue weighted by atomic mass is 9.93. The summed E-state index contributed by atoms with van der Waals surface area (Å²) in [5.74, 6) is 4.71. The van der Waals surface area contributed by atoms with Crippen molar-refractivity contribution in [3.63, 3.8) is 0 Å².